The molecule has 0 aliphatic heterocycles. The molecule has 0 atom stereocenters. The van der Waals surface area contributed by atoms with Crippen LogP contribution in [0.4, 0.5) is 13.2 Å². The molecule has 0 aromatic rings. The molecular formula is C19H35F3N4. The van der Waals surface area contributed by atoms with Gasteiger partial charge in [-0.15, -0.1) is 0 Å². The monoisotopic (exact) mass is 376 g/mol. The van der Waals surface area contributed by atoms with Crippen molar-refractivity contribution in [1.82, 2.24) is 4.90 Å². The van der Waals surface area contributed by atoms with Crippen LogP contribution in [0.3, 0.4) is 0 Å². The van der Waals surface area contributed by atoms with E-state index >= 15 is 0 Å². The molecular weight excluding hydrogens is 341 g/mol. The zero-order valence-corrected chi connectivity index (χ0v) is 18.1. The quantitative estimate of drug-likeness (QED) is 0.467. The van der Waals surface area contributed by atoms with Crippen LogP contribution < -0.4 is 0 Å². The number of hydrogen-bond acceptors (Lipinski definition) is 3. The molecule has 0 unspecified atom stereocenters. The van der Waals surface area contributed by atoms with Gasteiger partial charge in [-0.05, 0) is 76.2 Å². The maximum Gasteiger partial charge on any atom is 0.449 e. The molecule has 0 radical (unpaired) electrons. The standard InChI is InChI=1S/C19H35F3N4/c1-15(2,3)23-13-24-18(10,11)12-26(17(7,8)9)14(19(20,21)22)25-16(4,5)6/h12H2,1-11H3. The lowest BCUT2D eigenvalue weighted by Crippen LogP contribution is -2.56. The van der Waals surface area contributed by atoms with Crippen molar-refractivity contribution >= 4 is 11.8 Å². The van der Waals surface area contributed by atoms with Crippen molar-refractivity contribution in [3.63, 3.8) is 0 Å². The number of amidine groups is 1. The summed E-state index contributed by atoms with van der Waals surface area (Å²) in [5.74, 6) is -0.881. The van der Waals surface area contributed by atoms with Gasteiger partial charge in [-0.3, -0.25) is 4.99 Å². The number of aliphatic imine (C=N–C) groups is 3. The van der Waals surface area contributed by atoms with Crippen molar-refractivity contribution in [2.45, 2.75) is 104 Å². The summed E-state index contributed by atoms with van der Waals surface area (Å²) in [5.41, 5.74) is -2.79. The SMILES string of the molecule is CC(C)(C)N=C=NC(C)(C)CN(C(=NC(C)(C)C)C(F)(F)F)C(C)(C)C. The minimum atomic E-state index is -4.56. The average Bonchev–Trinajstić information content (AvgIpc) is 2.27. The molecule has 0 aromatic heterocycles. The van der Waals surface area contributed by atoms with Crippen LogP contribution in [0.25, 0.3) is 0 Å². The van der Waals surface area contributed by atoms with Crippen LogP contribution in [0.5, 0.6) is 0 Å². The summed E-state index contributed by atoms with van der Waals surface area (Å²) < 4.78 is 41.3. The fourth-order valence-electron chi connectivity index (χ4n) is 1.96. The lowest BCUT2D eigenvalue weighted by molar-refractivity contribution is -0.0748. The van der Waals surface area contributed by atoms with Crippen molar-refractivity contribution in [3.05, 3.63) is 0 Å². The van der Waals surface area contributed by atoms with Crippen LogP contribution >= 0.6 is 0 Å². The maximum atomic E-state index is 13.8. The Hall–Kier alpha value is -1.36. The molecule has 152 valence electrons. The Morgan fingerprint density at radius 3 is 1.54 bits per heavy atom. The Morgan fingerprint density at radius 1 is 0.769 bits per heavy atom. The van der Waals surface area contributed by atoms with E-state index in [4.69, 9.17) is 0 Å². The first kappa shape index (κ1) is 24.6. The Labute approximate surface area is 156 Å². The van der Waals surface area contributed by atoms with Gasteiger partial charge < -0.3 is 4.90 Å². The summed E-state index contributed by atoms with van der Waals surface area (Å²) in [6.45, 7) is 19.4. The van der Waals surface area contributed by atoms with Gasteiger partial charge in [0.2, 0.25) is 5.84 Å². The minimum absolute atomic E-state index is 0.0393. The minimum Gasteiger partial charge on any atom is -0.346 e. The molecule has 0 rings (SSSR count). The highest BCUT2D eigenvalue weighted by Crippen LogP contribution is 2.30. The summed E-state index contributed by atoms with van der Waals surface area (Å²) in [6.07, 6.45) is -4.56. The first-order valence-electron chi connectivity index (χ1n) is 8.78. The molecule has 0 bridgehead atoms. The van der Waals surface area contributed by atoms with E-state index in [1.165, 1.54) is 4.90 Å². The molecule has 0 aliphatic rings. The van der Waals surface area contributed by atoms with Gasteiger partial charge in [0.1, 0.15) is 0 Å². The topological polar surface area (TPSA) is 40.3 Å². The molecule has 0 aliphatic carbocycles. The summed E-state index contributed by atoms with van der Waals surface area (Å²) in [7, 11) is 0. The molecule has 0 amide bonds. The number of hydrogen-bond donors (Lipinski definition) is 0. The lowest BCUT2D eigenvalue weighted by Gasteiger charge is -2.42. The van der Waals surface area contributed by atoms with E-state index in [1.54, 1.807) is 55.4 Å². The largest absolute Gasteiger partial charge is 0.449 e. The second kappa shape index (κ2) is 7.71. The lowest BCUT2D eigenvalue weighted by atomic mass is 9.99. The second-order valence-electron chi connectivity index (χ2n) is 10.2. The van der Waals surface area contributed by atoms with Gasteiger partial charge in [0.15, 0.2) is 0 Å². The van der Waals surface area contributed by atoms with Crippen molar-refractivity contribution < 1.29 is 13.2 Å². The van der Waals surface area contributed by atoms with Gasteiger partial charge >= 0.3 is 6.18 Å². The summed E-state index contributed by atoms with van der Waals surface area (Å²) in [4.78, 5) is 13.7. The van der Waals surface area contributed by atoms with Crippen LogP contribution in [0.1, 0.15) is 76.2 Å². The van der Waals surface area contributed by atoms with Crippen LogP contribution in [0, 0.1) is 0 Å². The highest BCUT2D eigenvalue weighted by molar-refractivity contribution is 5.88. The van der Waals surface area contributed by atoms with E-state index in [1.807, 2.05) is 20.8 Å². The molecule has 0 heterocycles. The highest BCUT2D eigenvalue weighted by atomic mass is 19.4. The van der Waals surface area contributed by atoms with Crippen LogP contribution in [0.15, 0.2) is 15.0 Å². The normalized spacial score (nSPS) is 14.8. The van der Waals surface area contributed by atoms with Gasteiger partial charge in [0.05, 0.1) is 22.6 Å². The van der Waals surface area contributed by atoms with Crippen LogP contribution in [0.2, 0.25) is 0 Å². The molecule has 7 heteroatoms. The third kappa shape index (κ3) is 9.95. The third-order valence-corrected chi connectivity index (χ3v) is 3.04. The first-order valence-corrected chi connectivity index (χ1v) is 8.78. The van der Waals surface area contributed by atoms with E-state index in [9.17, 15) is 13.2 Å². The third-order valence-electron chi connectivity index (χ3n) is 3.04. The second-order valence-corrected chi connectivity index (χ2v) is 10.2. The Balaban J connectivity index is 6.06. The Morgan fingerprint density at radius 2 is 1.23 bits per heavy atom. The zero-order valence-electron chi connectivity index (χ0n) is 18.1. The van der Waals surface area contributed by atoms with Crippen molar-refractivity contribution in [3.8, 4) is 0 Å². The summed E-state index contributed by atoms with van der Waals surface area (Å²) in [5, 5.41) is 0. The van der Waals surface area contributed by atoms with E-state index in [0.717, 1.165) is 0 Å². The van der Waals surface area contributed by atoms with E-state index in [-0.39, 0.29) is 12.1 Å². The van der Waals surface area contributed by atoms with Crippen LogP contribution in [-0.2, 0) is 0 Å². The predicted octanol–water partition coefficient (Wildman–Crippen LogP) is 5.60. The van der Waals surface area contributed by atoms with Gasteiger partial charge in [0.25, 0.3) is 0 Å². The Bertz CT molecular complexity index is 562. The smallest absolute Gasteiger partial charge is 0.346 e. The molecule has 26 heavy (non-hydrogen) atoms. The molecule has 0 saturated carbocycles. The summed E-state index contributed by atoms with van der Waals surface area (Å²) >= 11 is 0. The fourth-order valence-corrected chi connectivity index (χ4v) is 1.96. The molecule has 0 N–H and O–H groups in total. The van der Waals surface area contributed by atoms with Gasteiger partial charge in [-0.25, -0.2) is 9.98 Å². The highest BCUT2D eigenvalue weighted by Gasteiger charge is 2.45. The zero-order chi connectivity index (χ0) is 21.2. The molecule has 4 nitrogen and oxygen atoms in total. The average molecular weight is 377 g/mol. The van der Waals surface area contributed by atoms with E-state index < -0.39 is 28.6 Å². The molecule has 0 saturated heterocycles. The predicted molar refractivity (Wildman–Crippen MR) is 103 cm³/mol. The molecule has 0 spiro atoms. The van der Waals surface area contributed by atoms with Gasteiger partial charge in [-0.1, -0.05) is 0 Å². The van der Waals surface area contributed by atoms with Crippen molar-refractivity contribution in [1.29, 1.82) is 0 Å². The van der Waals surface area contributed by atoms with Crippen molar-refractivity contribution in [2.75, 3.05) is 6.54 Å². The number of nitrogens with zero attached hydrogens (tertiary/aromatic N) is 4. The summed E-state index contributed by atoms with van der Waals surface area (Å²) in [6, 6.07) is 2.65. The number of alkyl halides is 3. The van der Waals surface area contributed by atoms with Gasteiger partial charge in [0, 0.05) is 12.1 Å². The maximum absolute atomic E-state index is 13.8. The van der Waals surface area contributed by atoms with E-state index in [0.29, 0.717) is 0 Å². The van der Waals surface area contributed by atoms with Crippen molar-refractivity contribution in [2.24, 2.45) is 15.0 Å². The van der Waals surface area contributed by atoms with Gasteiger partial charge in [-0.2, -0.15) is 13.2 Å². The molecule has 0 aromatic carbocycles. The number of halogens is 3. The first-order chi connectivity index (χ1) is 11.1. The Kier molecular flexibility index (Phi) is 7.31. The fraction of sp³-hybridized carbons (Fsp3) is 0.895. The molecule has 0 fully saturated rings. The number of rotatable bonds is 3. The van der Waals surface area contributed by atoms with Crippen LogP contribution in [-0.4, -0.2) is 51.6 Å². The van der Waals surface area contributed by atoms with E-state index in [2.05, 4.69) is 21.0 Å².